The number of hydrogen-bond acceptors (Lipinski definition) is 15. The number of rotatable bonds is 8. The molecule has 9 N–H and O–H groups in total. The molecule has 0 amide bonds. The van der Waals surface area contributed by atoms with Gasteiger partial charge in [0.05, 0.1) is 26.2 Å². The van der Waals surface area contributed by atoms with Crippen LogP contribution in [0.2, 0.25) is 0 Å². The third-order valence-electron chi connectivity index (χ3n) is 11.5. The molecule has 0 aromatic heterocycles. The summed E-state index contributed by atoms with van der Waals surface area (Å²) in [5, 5.41) is 76.2. The lowest BCUT2D eigenvalue weighted by Gasteiger charge is -2.58. The number of carboxylic acids is 1. The molecule has 3 aromatic carbocycles. The van der Waals surface area contributed by atoms with Gasteiger partial charge in [-0.3, -0.25) is 5.32 Å². The van der Waals surface area contributed by atoms with Crippen molar-refractivity contribution in [2.75, 3.05) is 34.9 Å². The molecule has 5 aliphatic rings. The Balaban J connectivity index is 1.30. The molecular formula is C37H43N3O13. The Kier molecular flexibility index (Phi) is 8.47. The summed E-state index contributed by atoms with van der Waals surface area (Å²) in [6.45, 7) is -0.161. The zero-order valence-corrected chi connectivity index (χ0v) is 29.5. The predicted octanol–water partition coefficient (Wildman–Crippen LogP) is 0.979. The molecule has 0 unspecified atom stereocenters. The molecule has 1 aliphatic carbocycles. The number of piperidine rings is 1. The van der Waals surface area contributed by atoms with Gasteiger partial charge in [-0.15, -0.1) is 0 Å². The number of carboxylic acid groups (broad SMARTS) is 1. The zero-order chi connectivity index (χ0) is 37.6. The number of likely N-dealkylation sites (N-methyl/N-ethyl adjacent to an activating group) is 1. The number of fused-ring (bicyclic) bond motifs is 4. The van der Waals surface area contributed by atoms with Crippen LogP contribution in [0.25, 0.3) is 11.1 Å². The monoisotopic (exact) mass is 737 g/mol. The molecule has 2 fully saturated rings. The van der Waals surface area contributed by atoms with Crippen molar-refractivity contribution in [3.63, 3.8) is 0 Å². The Labute approximate surface area is 304 Å². The molecule has 4 heterocycles. The van der Waals surface area contributed by atoms with E-state index in [1.807, 2.05) is 13.1 Å². The minimum Gasteiger partial charge on any atom is -0.508 e. The highest BCUT2D eigenvalue weighted by atomic mass is 16.7. The van der Waals surface area contributed by atoms with Gasteiger partial charge in [-0.1, -0.05) is 12.1 Å². The number of aliphatic hydroxyl groups excluding tert-OH is 2. The van der Waals surface area contributed by atoms with Gasteiger partial charge in [0.1, 0.15) is 29.5 Å². The van der Waals surface area contributed by atoms with E-state index in [9.17, 15) is 35.4 Å². The fraction of sp³-hybridized carbons (Fsp3) is 0.486. The molecule has 2 saturated heterocycles. The van der Waals surface area contributed by atoms with Crippen molar-refractivity contribution >= 4 is 5.97 Å². The second-order valence-corrected chi connectivity index (χ2v) is 14.2. The number of hydrogen-bond donors (Lipinski definition) is 9. The van der Waals surface area contributed by atoms with Crippen LogP contribution in [0.5, 0.6) is 34.5 Å². The van der Waals surface area contributed by atoms with E-state index in [0.717, 1.165) is 5.56 Å². The van der Waals surface area contributed by atoms with Crippen molar-refractivity contribution in [2.24, 2.45) is 0 Å². The van der Waals surface area contributed by atoms with Crippen LogP contribution in [0.15, 0.2) is 42.5 Å². The Morgan fingerprint density at radius 1 is 1.04 bits per heavy atom. The standard InChI is InChI=1S/C37H43N3O13/c1-38-21-9-6-10-35(46)27-26-20(21)14-23(48-3)28(49-4)30(26)51-29(27)25-19(16-7-5-8-17(41)11-16)12-18(13-22(25)52-35)50-32-31(42)37(47)33(43)36(53-32,34(44)45)24(39-2)15-40-37/h5,7-8,11-14,21,24,27,29,31-33,38-43,46-47H,6,9-10,15H2,1-4H3,(H,44,45)/t21-,24+,27-,29-,31-,32+,33+,35+,36-,37+/m0/s1. The highest BCUT2D eigenvalue weighted by molar-refractivity contribution is 5.81. The fourth-order valence-electron chi connectivity index (χ4n) is 8.95. The first-order valence-corrected chi connectivity index (χ1v) is 17.4. The molecule has 0 saturated carbocycles. The highest BCUT2D eigenvalue weighted by Gasteiger charge is 2.71. The lowest BCUT2D eigenvalue weighted by Crippen LogP contribution is -2.87. The van der Waals surface area contributed by atoms with Crippen LogP contribution < -0.4 is 39.6 Å². The summed E-state index contributed by atoms with van der Waals surface area (Å²) in [4.78, 5) is 12.8. The maximum absolute atomic E-state index is 12.8. The number of aliphatic hydroxyl groups is 4. The van der Waals surface area contributed by atoms with E-state index >= 15 is 0 Å². The largest absolute Gasteiger partial charge is 0.508 e. The predicted molar refractivity (Wildman–Crippen MR) is 184 cm³/mol. The van der Waals surface area contributed by atoms with Crippen molar-refractivity contribution in [1.29, 1.82) is 0 Å². The van der Waals surface area contributed by atoms with Crippen LogP contribution in [0, 0.1) is 0 Å². The third kappa shape index (κ3) is 5.01. The molecule has 0 radical (unpaired) electrons. The van der Waals surface area contributed by atoms with Crippen molar-refractivity contribution in [3.05, 3.63) is 59.2 Å². The smallest absolute Gasteiger partial charge is 0.340 e. The zero-order valence-electron chi connectivity index (χ0n) is 29.5. The van der Waals surface area contributed by atoms with Crippen LogP contribution in [0.4, 0.5) is 0 Å². The average Bonchev–Trinajstić information content (AvgIpc) is 3.54. The third-order valence-corrected chi connectivity index (χ3v) is 11.5. The second kappa shape index (κ2) is 12.6. The topological polar surface area (TPSA) is 230 Å². The first-order valence-electron chi connectivity index (χ1n) is 17.4. The van der Waals surface area contributed by atoms with Gasteiger partial charge in [0, 0.05) is 36.2 Å². The lowest BCUT2D eigenvalue weighted by molar-refractivity contribution is -0.362. The van der Waals surface area contributed by atoms with Gasteiger partial charge >= 0.3 is 5.97 Å². The van der Waals surface area contributed by atoms with E-state index in [4.69, 9.17) is 28.4 Å². The van der Waals surface area contributed by atoms with Crippen LogP contribution in [0.1, 0.15) is 54.0 Å². The quantitative estimate of drug-likeness (QED) is 0.157. The summed E-state index contributed by atoms with van der Waals surface area (Å²) in [5.74, 6) is -2.79. The minimum atomic E-state index is -2.53. The molecule has 16 nitrogen and oxygen atoms in total. The number of nitrogens with one attached hydrogen (secondary N) is 3. The van der Waals surface area contributed by atoms with Crippen LogP contribution >= 0.6 is 0 Å². The number of carbonyl (C=O) groups is 1. The Morgan fingerprint density at radius 3 is 2.51 bits per heavy atom. The molecule has 8 rings (SSSR count). The summed E-state index contributed by atoms with van der Waals surface area (Å²) in [5.41, 5.74) is -1.89. The first-order chi connectivity index (χ1) is 25.3. The number of phenolic OH excluding ortho intramolecular Hbond substituents is 1. The van der Waals surface area contributed by atoms with Gasteiger partial charge in [-0.25, -0.2) is 4.79 Å². The van der Waals surface area contributed by atoms with E-state index in [-0.39, 0.29) is 36.3 Å². The van der Waals surface area contributed by atoms with E-state index in [1.165, 1.54) is 32.4 Å². The fourth-order valence-corrected chi connectivity index (χ4v) is 8.95. The number of ether oxygens (including phenoxy) is 6. The summed E-state index contributed by atoms with van der Waals surface area (Å²) in [6.07, 6.45) is -5.30. The van der Waals surface area contributed by atoms with Crippen molar-refractivity contribution in [1.82, 2.24) is 16.0 Å². The summed E-state index contributed by atoms with van der Waals surface area (Å²) < 4.78 is 37.1. The number of phenols is 1. The average molecular weight is 738 g/mol. The molecule has 0 spiro atoms. The van der Waals surface area contributed by atoms with E-state index in [0.29, 0.717) is 52.3 Å². The van der Waals surface area contributed by atoms with E-state index in [1.54, 1.807) is 25.3 Å². The second-order valence-electron chi connectivity index (χ2n) is 14.2. The molecule has 16 heteroatoms. The maximum atomic E-state index is 12.8. The molecule has 4 aliphatic heterocycles. The Bertz CT molecular complexity index is 1960. The SMILES string of the molecule is CN[C@H]1CCC[C@@]2(O)Oc3cc(O[C@@H]4O[C@@]5(C(=O)O)[C@H](NC)CN[C@@](O)([C@H]4O)[C@@H]5O)cc(-c4cccc(O)c4)c3[C@@H]3Oc4c(OC)c(OC)cc1c4[C@@H]32. The number of methoxy groups -OCH3 is 2. The lowest BCUT2D eigenvalue weighted by atomic mass is 9.73. The molecule has 53 heavy (non-hydrogen) atoms. The van der Waals surface area contributed by atoms with Gasteiger partial charge < -0.3 is 69.7 Å². The molecule has 284 valence electrons. The molecule has 10 atom stereocenters. The highest BCUT2D eigenvalue weighted by Crippen LogP contribution is 2.65. The van der Waals surface area contributed by atoms with Gasteiger partial charge in [0.25, 0.3) is 0 Å². The van der Waals surface area contributed by atoms with Crippen molar-refractivity contribution < 1.29 is 63.9 Å². The Hall–Kier alpha value is -4.39. The number of benzene rings is 3. The molecular weight excluding hydrogens is 694 g/mol. The van der Waals surface area contributed by atoms with Crippen LogP contribution in [0.3, 0.4) is 0 Å². The summed E-state index contributed by atoms with van der Waals surface area (Å²) in [6, 6.07) is 10.3. The van der Waals surface area contributed by atoms with E-state index < -0.39 is 59.6 Å². The van der Waals surface area contributed by atoms with Crippen molar-refractivity contribution in [3.8, 4) is 45.6 Å². The Morgan fingerprint density at radius 2 is 1.83 bits per heavy atom. The first kappa shape index (κ1) is 35.6. The van der Waals surface area contributed by atoms with Gasteiger partial charge in [-0.2, -0.15) is 0 Å². The van der Waals surface area contributed by atoms with Gasteiger partial charge in [0.15, 0.2) is 23.3 Å². The number of aromatic hydroxyl groups is 1. The molecule has 2 bridgehead atoms. The maximum Gasteiger partial charge on any atom is 0.340 e. The number of aliphatic carboxylic acids is 1. The van der Waals surface area contributed by atoms with E-state index in [2.05, 4.69) is 16.0 Å². The molecule has 3 aromatic rings. The minimum absolute atomic E-state index is 0.00987. The normalized spacial score (nSPS) is 35.1. The van der Waals surface area contributed by atoms with Crippen LogP contribution in [-0.4, -0.2) is 113 Å². The summed E-state index contributed by atoms with van der Waals surface area (Å²) in [7, 11) is 6.40. The van der Waals surface area contributed by atoms with Gasteiger partial charge in [0.2, 0.25) is 23.4 Å². The van der Waals surface area contributed by atoms with Gasteiger partial charge in [-0.05, 0) is 67.9 Å². The van der Waals surface area contributed by atoms with Crippen molar-refractivity contribution in [2.45, 2.75) is 79.0 Å². The summed E-state index contributed by atoms with van der Waals surface area (Å²) >= 11 is 0. The van der Waals surface area contributed by atoms with Crippen LogP contribution in [-0.2, 0) is 9.53 Å².